The van der Waals surface area contributed by atoms with Crippen molar-refractivity contribution in [3.05, 3.63) is 28.2 Å². The monoisotopic (exact) mass is 340 g/mol. The second-order valence-corrected chi connectivity index (χ2v) is 6.57. The van der Waals surface area contributed by atoms with Crippen LogP contribution < -0.4 is 11.1 Å². The van der Waals surface area contributed by atoms with Crippen molar-refractivity contribution >= 4 is 38.8 Å². The van der Waals surface area contributed by atoms with E-state index < -0.39 is 0 Å². The Kier molecular flexibility index (Phi) is 5.64. The van der Waals surface area contributed by atoms with Crippen molar-refractivity contribution < 1.29 is 0 Å². The Labute approximate surface area is 129 Å². The molecule has 0 radical (unpaired) electrons. The van der Waals surface area contributed by atoms with Crippen molar-refractivity contribution in [2.75, 3.05) is 11.9 Å². The maximum Gasteiger partial charge on any atom is 0.105 e. The summed E-state index contributed by atoms with van der Waals surface area (Å²) in [6, 6.07) is 6.05. The van der Waals surface area contributed by atoms with Crippen LogP contribution in [0.15, 0.2) is 22.7 Å². The van der Waals surface area contributed by atoms with Crippen LogP contribution in [-0.4, -0.2) is 11.5 Å². The van der Waals surface area contributed by atoms with Gasteiger partial charge in [0.2, 0.25) is 0 Å². The maximum atomic E-state index is 5.64. The Hall–Kier alpha value is -0.610. The van der Waals surface area contributed by atoms with Crippen LogP contribution in [0.3, 0.4) is 0 Å². The molecule has 104 valence electrons. The first kappa shape index (κ1) is 14.8. The van der Waals surface area contributed by atoms with Crippen molar-refractivity contribution in [1.82, 2.24) is 0 Å². The van der Waals surface area contributed by atoms with E-state index in [9.17, 15) is 0 Å². The van der Waals surface area contributed by atoms with Gasteiger partial charge >= 0.3 is 0 Å². The highest BCUT2D eigenvalue weighted by atomic mass is 79.9. The molecule has 1 aliphatic rings. The predicted molar refractivity (Wildman–Crippen MR) is 89.7 cm³/mol. The van der Waals surface area contributed by atoms with Gasteiger partial charge in [-0.3, -0.25) is 0 Å². The molecule has 2 rings (SSSR count). The molecular weight excluding hydrogens is 320 g/mol. The van der Waals surface area contributed by atoms with Gasteiger partial charge < -0.3 is 11.1 Å². The summed E-state index contributed by atoms with van der Waals surface area (Å²) in [5.41, 5.74) is 7.66. The van der Waals surface area contributed by atoms with Crippen LogP contribution >= 0.6 is 28.1 Å². The van der Waals surface area contributed by atoms with E-state index in [2.05, 4.69) is 21.2 Å². The molecule has 19 heavy (non-hydrogen) atoms. The average Bonchev–Trinajstić information content (AvgIpc) is 2.87. The number of halogens is 1. The molecule has 1 aromatic carbocycles. The Balaban J connectivity index is 1.76. The number of hydrogen-bond acceptors (Lipinski definition) is 2. The summed E-state index contributed by atoms with van der Waals surface area (Å²) in [4.78, 5) is 0.430. The molecule has 0 bridgehead atoms. The van der Waals surface area contributed by atoms with Gasteiger partial charge in [-0.2, -0.15) is 0 Å². The van der Waals surface area contributed by atoms with Crippen LogP contribution in [-0.2, 0) is 0 Å². The van der Waals surface area contributed by atoms with Gasteiger partial charge in [-0.25, -0.2) is 0 Å². The molecule has 0 aromatic heterocycles. The maximum absolute atomic E-state index is 5.64. The van der Waals surface area contributed by atoms with E-state index in [4.69, 9.17) is 18.0 Å². The summed E-state index contributed by atoms with van der Waals surface area (Å²) in [5.74, 6) is 0.977. The second kappa shape index (κ2) is 7.25. The molecule has 4 heteroatoms. The third kappa shape index (κ3) is 4.46. The van der Waals surface area contributed by atoms with Crippen molar-refractivity contribution in [3.8, 4) is 0 Å². The lowest BCUT2D eigenvalue weighted by molar-refractivity contribution is 0.491. The first-order valence-electron chi connectivity index (χ1n) is 7.00. The molecular formula is C15H21BrN2S. The summed E-state index contributed by atoms with van der Waals surface area (Å²) < 4.78 is 0.959. The Morgan fingerprint density at radius 1 is 1.37 bits per heavy atom. The van der Waals surface area contributed by atoms with Crippen molar-refractivity contribution in [1.29, 1.82) is 0 Å². The van der Waals surface area contributed by atoms with Gasteiger partial charge in [0.15, 0.2) is 0 Å². The number of nitrogens with one attached hydrogen (secondary N) is 1. The van der Waals surface area contributed by atoms with Crippen LogP contribution in [0.1, 0.15) is 44.1 Å². The average molecular weight is 341 g/mol. The summed E-state index contributed by atoms with van der Waals surface area (Å²) in [7, 11) is 0. The Morgan fingerprint density at radius 3 is 2.74 bits per heavy atom. The van der Waals surface area contributed by atoms with Crippen molar-refractivity contribution in [2.24, 2.45) is 11.7 Å². The molecule has 3 N–H and O–H groups in total. The van der Waals surface area contributed by atoms with Gasteiger partial charge in [0.05, 0.1) is 0 Å². The van der Waals surface area contributed by atoms with Gasteiger partial charge in [-0.1, -0.05) is 37.9 Å². The largest absolute Gasteiger partial charge is 0.389 e. The van der Waals surface area contributed by atoms with Crippen molar-refractivity contribution in [2.45, 2.75) is 38.5 Å². The van der Waals surface area contributed by atoms with E-state index in [0.29, 0.717) is 4.99 Å². The van der Waals surface area contributed by atoms with Crippen LogP contribution in [0, 0.1) is 5.92 Å². The summed E-state index contributed by atoms with van der Waals surface area (Å²) >= 11 is 8.49. The highest BCUT2D eigenvalue weighted by molar-refractivity contribution is 9.10. The Bertz CT molecular complexity index is 442. The van der Waals surface area contributed by atoms with Crippen molar-refractivity contribution in [3.63, 3.8) is 0 Å². The topological polar surface area (TPSA) is 38.0 Å². The van der Waals surface area contributed by atoms with Gasteiger partial charge in [-0.15, -0.1) is 0 Å². The van der Waals surface area contributed by atoms with Gasteiger partial charge in [0, 0.05) is 22.3 Å². The van der Waals surface area contributed by atoms with Crippen LogP contribution in [0.2, 0.25) is 0 Å². The third-order valence-electron chi connectivity index (χ3n) is 3.83. The van der Waals surface area contributed by atoms with E-state index in [1.807, 2.05) is 18.2 Å². The number of nitrogens with two attached hydrogens (primary N) is 1. The third-order valence-corrected chi connectivity index (χ3v) is 4.70. The van der Waals surface area contributed by atoms with E-state index in [0.717, 1.165) is 28.2 Å². The molecule has 1 aromatic rings. The first-order valence-corrected chi connectivity index (χ1v) is 8.20. The second-order valence-electron chi connectivity index (χ2n) is 5.28. The number of hydrogen-bond donors (Lipinski definition) is 2. The lowest BCUT2D eigenvalue weighted by Gasteiger charge is -2.11. The summed E-state index contributed by atoms with van der Waals surface area (Å²) in [6.45, 7) is 1.04. The van der Waals surface area contributed by atoms with Crippen LogP contribution in [0.5, 0.6) is 0 Å². The minimum Gasteiger partial charge on any atom is -0.389 e. The number of benzene rings is 1. The van der Waals surface area contributed by atoms with E-state index in [-0.39, 0.29) is 0 Å². The molecule has 1 fully saturated rings. The molecule has 0 atom stereocenters. The fourth-order valence-corrected chi connectivity index (χ4v) is 3.65. The highest BCUT2D eigenvalue weighted by Crippen LogP contribution is 2.28. The molecule has 1 aliphatic carbocycles. The smallest absolute Gasteiger partial charge is 0.105 e. The minimum absolute atomic E-state index is 0.430. The molecule has 1 saturated carbocycles. The molecule has 0 aliphatic heterocycles. The Morgan fingerprint density at radius 2 is 2.11 bits per heavy atom. The molecule has 0 heterocycles. The molecule has 0 spiro atoms. The van der Waals surface area contributed by atoms with E-state index >= 15 is 0 Å². The molecule has 0 saturated heterocycles. The zero-order valence-electron chi connectivity index (χ0n) is 11.1. The van der Waals surface area contributed by atoms with E-state index in [1.54, 1.807) is 0 Å². The molecule has 0 unspecified atom stereocenters. The predicted octanol–water partition coefficient (Wildman–Crippen LogP) is 4.47. The summed E-state index contributed by atoms with van der Waals surface area (Å²) in [5, 5.41) is 3.46. The van der Waals surface area contributed by atoms with E-state index in [1.165, 1.54) is 38.5 Å². The fraction of sp³-hybridized carbons (Fsp3) is 0.533. The molecule has 2 nitrogen and oxygen atoms in total. The number of anilines is 1. The highest BCUT2D eigenvalue weighted by Gasteiger charge is 2.13. The lowest BCUT2D eigenvalue weighted by Crippen LogP contribution is -2.10. The lowest BCUT2D eigenvalue weighted by atomic mass is 10.0. The first-order chi connectivity index (χ1) is 9.16. The minimum atomic E-state index is 0.430. The zero-order valence-corrected chi connectivity index (χ0v) is 13.5. The number of rotatable bonds is 6. The molecule has 0 amide bonds. The fourth-order valence-electron chi connectivity index (χ4n) is 2.75. The van der Waals surface area contributed by atoms with Gasteiger partial charge in [0.25, 0.3) is 0 Å². The summed E-state index contributed by atoms with van der Waals surface area (Å²) in [6.07, 6.45) is 8.36. The standard InChI is InChI=1S/C15H21BrN2S/c16-14-10-12(7-8-13(14)15(17)19)18-9-3-6-11-4-1-2-5-11/h7-8,10-11,18H,1-6,9H2,(H2,17,19). The number of thiocarbonyl (C=S) groups is 1. The SMILES string of the molecule is NC(=S)c1ccc(NCCCC2CCCC2)cc1Br. The van der Waals surface area contributed by atoms with Gasteiger partial charge in [-0.05, 0) is 52.9 Å². The quantitative estimate of drug-likeness (QED) is 0.592. The van der Waals surface area contributed by atoms with Crippen LogP contribution in [0.4, 0.5) is 5.69 Å². The van der Waals surface area contributed by atoms with Gasteiger partial charge in [0.1, 0.15) is 4.99 Å². The normalized spacial score (nSPS) is 15.6. The zero-order chi connectivity index (χ0) is 13.7. The van der Waals surface area contributed by atoms with Crippen LogP contribution in [0.25, 0.3) is 0 Å².